The van der Waals surface area contributed by atoms with Crippen LogP contribution in [0.5, 0.6) is 11.5 Å². The van der Waals surface area contributed by atoms with E-state index in [9.17, 15) is 14.7 Å². The second-order valence-electron chi connectivity index (χ2n) is 7.52. The molecule has 0 aliphatic carbocycles. The number of aliphatic hydroxyl groups is 1. The lowest BCUT2D eigenvalue weighted by molar-refractivity contribution is 0.0297. The van der Waals surface area contributed by atoms with E-state index in [1.165, 1.54) is 11.3 Å². The zero-order valence-corrected chi connectivity index (χ0v) is 17.3. The standard InChI is InChI=1S/C21H24N2O5S/c1-12-3-4-14(21(26)23-6-5-16(24)13(2)10-23)9-15(12)22-20(25)19-18-17(11-29-19)27-7-8-28-18/h3-4,9,11,13,16,24H,5-8,10H2,1-2H3,(H,22,25)/t13-,16+/m0/s1. The summed E-state index contributed by atoms with van der Waals surface area (Å²) in [4.78, 5) is 27.9. The summed E-state index contributed by atoms with van der Waals surface area (Å²) in [6, 6.07) is 5.31. The van der Waals surface area contributed by atoms with Crippen molar-refractivity contribution in [2.45, 2.75) is 26.4 Å². The summed E-state index contributed by atoms with van der Waals surface area (Å²) in [6.07, 6.45) is 0.211. The number of fused-ring (bicyclic) bond motifs is 1. The molecule has 2 amide bonds. The van der Waals surface area contributed by atoms with Gasteiger partial charge in [0.25, 0.3) is 11.8 Å². The van der Waals surface area contributed by atoms with Gasteiger partial charge in [-0.1, -0.05) is 13.0 Å². The molecule has 1 aromatic carbocycles. The monoisotopic (exact) mass is 416 g/mol. The van der Waals surface area contributed by atoms with Crippen LogP contribution in [-0.2, 0) is 0 Å². The number of anilines is 1. The van der Waals surface area contributed by atoms with Crippen molar-refractivity contribution in [3.05, 3.63) is 39.6 Å². The number of rotatable bonds is 3. The van der Waals surface area contributed by atoms with Crippen molar-refractivity contribution in [1.82, 2.24) is 4.90 Å². The van der Waals surface area contributed by atoms with Gasteiger partial charge in [0.2, 0.25) is 0 Å². The molecular formula is C21H24N2O5S. The number of likely N-dealkylation sites (tertiary alicyclic amines) is 1. The number of hydrogen-bond acceptors (Lipinski definition) is 6. The van der Waals surface area contributed by atoms with Crippen molar-refractivity contribution in [3.8, 4) is 11.5 Å². The number of amides is 2. The van der Waals surface area contributed by atoms with E-state index in [0.29, 0.717) is 60.4 Å². The maximum absolute atomic E-state index is 12.9. The molecule has 4 rings (SSSR count). The normalized spacial score (nSPS) is 21.0. The molecule has 2 atom stereocenters. The lowest BCUT2D eigenvalue weighted by Gasteiger charge is -2.34. The fourth-order valence-corrected chi connectivity index (χ4v) is 4.41. The molecule has 154 valence electrons. The molecule has 2 aliphatic rings. The minimum Gasteiger partial charge on any atom is -0.485 e. The van der Waals surface area contributed by atoms with Crippen LogP contribution in [0.2, 0.25) is 0 Å². The Hall–Kier alpha value is -2.58. The van der Waals surface area contributed by atoms with E-state index in [4.69, 9.17) is 9.47 Å². The first-order valence-corrected chi connectivity index (χ1v) is 10.6. The first kappa shape index (κ1) is 19.7. The topological polar surface area (TPSA) is 88.1 Å². The third-order valence-electron chi connectivity index (χ3n) is 5.39. The van der Waals surface area contributed by atoms with Crippen molar-refractivity contribution in [3.63, 3.8) is 0 Å². The molecule has 8 heteroatoms. The van der Waals surface area contributed by atoms with Gasteiger partial charge in [-0.25, -0.2) is 0 Å². The van der Waals surface area contributed by atoms with Crippen molar-refractivity contribution in [1.29, 1.82) is 0 Å². The predicted molar refractivity (Wildman–Crippen MR) is 110 cm³/mol. The zero-order chi connectivity index (χ0) is 20.5. The average Bonchev–Trinajstić information content (AvgIpc) is 3.15. The van der Waals surface area contributed by atoms with E-state index in [1.807, 2.05) is 19.9 Å². The molecule has 0 spiro atoms. The molecule has 29 heavy (non-hydrogen) atoms. The molecule has 2 N–H and O–H groups in total. The smallest absolute Gasteiger partial charge is 0.269 e. The highest BCUT2D eigenvalue weighted by molar-refractivity contribution is 7.13. The number of nitrogens with one attached hydrogen (secondary N) is 1. The molecule has 7 nitrogen and oxygen atoms in total. The van der Waals surface area contributed by atoms with Gasteiger partial charge in [0.15, 0.2) is 11.5 Å². The van der Waals surface area contributed by atoms with Gasteiger partial charge in [-0.2, -0.15) is 0 Å². The van der Waals surface area contributed by atoms with E-state index < -0.39 is 0 Å². The van der Waals surface area contributed by atoms with E-state index in [1.54, 1.807) is 22.4 Å². The number of thiophene rings is 1. The molecule has 2 aliphatic heterocycles. The second-order valence-corrected chi connectivity index (χ2v) is 8.40. The summed E-state index contributed by atoms with van der Waals surface area (Å²) < 4.78 is 11.1. The zero-order valence-electron chi connectivity index (χ0n) is 16.4. The summed E-state index contributed by atoms with van der Waals surface area (Å²) >= 11 is 1.27. The van der Waals surface area contributed by atoms with Crippen molar-refractivity contribution in [2.75, 3.05) is 31.6 Å². The van der Waals surface area contributed by atoms with Gasteiger partial charge in [-0.15, -0.1) is 11.3 Å². The average molecular weight is 416 g/mol. The summed E-state index contributed by atoms with van der Waals surface area (Å²) in [7, 11) is 0. The number of carbonyl (C=O) groups is 2. The van der Waals surface area contributed by atoms with Gasteiger partial charge < -0.3 is 24.8 Å². The Balaban J connectivity index is 1.52. The second kappa shape index (κ2) is 8.04. The first-order valence-electron chi connectivity index (χ1n) is 9.70. The minimum atomic E-state index is -0.366. The number of hydrogen-bond donors (Lipinski definition) is 2. The third-order valence-corrected chi connectivity index (χ3v) is 6.33. The van der Waals surface area contributed by atoms with Crippen molar-refractivity contribution >= 4 is 28.8 Å². The Kier molecular flexibility index (Phi) is 5.47. The molecule has 1 aromatic heterocycles. The SMILES string of the molecule is Cc1ccc(C(=O)N2CC[C@@H](O)[C@@H](C)C2)cc1NC(=O)c1scc2c1OCCO2. The van der Waals surface area contributed by atoms with Gasteiger partial charge in [-0.05, 0) is 37.0 Å². The van der Waals surface area contributed by atoms with E-state index in [-0.39, 0.29) is 23.8 Å². The molecule has 1 saturated heterocycles. The quantitative estimate of drug-likeness (QED) is 0.803. The van der Waals surface area contributed by atoms with Gasteiger partial charge in [0.1, 0.15) is 18.1 Å². The first-order chi connectivity index (χ1) is 13.9. The van der Waals surface area contributed by atoms with Crippen LogP contribution in [0.25, 0.3) is 0 Å². The minimum absolute atomic E-state index is 0.0459. The Morgan fingerprint density at radius 3 is 2.86 bits per heavy atom. The van der Waals surface area contributed by atoms with Gasteiger partial charge >= 0.3 is 0 Å². The third kappa shape index (κ3) is 3.95. The number of nitrogens with zero attached hydrogens (tertiary/aromatic N) is 1. The van der Waals surface area contributed by atoms with Crippen molar-refractivity contribution < 1.29 is 24.2 Å². The molecule has 0 bridgehead atoms. The van der Waals surface area contributed by atoms with Crippen molar-refractivity contribution in [2.24, 2.45) is 5.92 Å². The van der Waals surface area contributed by atoms with Crippen LogP contribution in [0.3, 0.4) is 0 Å². The molecule has 1 fully saturated rings. The van der Waals surface area contributed by atoms with Crippen LogP contribution in [-0.4, -0.2) is 54.2 Å². The maximum atomic E-state index is 12.9. The Labute approximate surface area is 173 Å². The molecule has 3 heterocycles. The van der Waals surface area contributed by atoms with Gasteiger partial charge in [0.05, 0.1) is 6.10 Å². The Bertz CT molecular complexity index is 941. The highest BCUT2D eigenvalue weighted by Gasteiger charge is 2.28. The number of aliphatic hydroxyl groups excluding tert-OH is 1. The van der Waals surface area contributed by atoms with Crippen LogP contribution in [0.15, 0.2) is 23.6 Å². The summed E-state index contributed by atoms with van der Waals surface area (Å²) in [5.41, 5.74) is 1.96. The molecule has 2 aromatic rings. The molecule has 0 radical (unpaired) electrons. The number of piperidine rings is 1. The summed E-state index contributed by atoms with van der Waals surface area (Å²) in [6.45, 7) is 5.76. The lowest BCUT2D eigenvalue weighted by atomic mass is 9.96. The van der Waals surface area contributed by atoms with E-state index >= 15 is 0 Å². The lowest BCUT2D eigenvalue weighted by Crippen LogP contribution is -2.44. The van der Waals surface area contributed by atoms with E-state index in [2.05, 4.69) is 5.32 Å². The molecule has 0 unspecified atom stereocenters. The largest absolute Gasteiger partial charge is 0.485 e. The highest BCUT2D eigenvalue weighted by Crippen LogP contribution is 2.39. The summed E-state index contributed by atoms with van der Waals surface area (Å²) in [5, 5.41) is 14.6. The number of benzene rings is 1. The Morgan fingerprint density at radius 2 is 2.07 bits per heavy atom. The highest BCUT2D eigenvalue weighted by atomic mass is 32.1. The van der Waals surface area contributed by atoms with Gasteiger partial charge in [-0.3, -0.25) is 9.59 Å². The fourth-order valence-electron chi connectivity index (χ4n) is 3.59. The molecular weight excluding hydrogens is 392 g/mol. The Morgan fingerprint density at radius 1 is 1.28 bits per heavy atom. The molecule has 0 saturated carbocycles. The summed E-state index contributed by atoms with van der Waals surface area (Å²) in [5.74, 6) is 0.733. The predicted octanol–water partition coefficient (Wildman–Crippen LogP) is 2.92. The number of ether oxygens (including phenoxy) is 2. The van der Waals surface area contributed by atoms with Crippen LogP contribution in [0, 0.1) is 12.8 Å². The number of carbonyl (C=O) groups excluding carboxylic acids is 2. The van der Waals surface area contributed by atoms with Crippen LogP contribution < -0.4 is 14.8 Å². The van der Waals surface area contributed by atoms with Gasteiger partial charge in [0, 0.05) is 29.7 Å². The number of aryl methyl sites for hydroxylation is 1. The fraction of sp³-hybridized carbons (Fsp3) is 0.429. The van der Waals surface area contributed by atoms with Crippen LogP contribution in [0.1, 0.15) is 38.9 Å². The maximum Gasteiger partial charge on any atom is 0.269 e. The van der Waals surface area contributed by atoms with Crippen LogP contribution in [0.4, 0.5) is 5.69 Å². The van der Waals surface area contributed by atoms with Crippen LogP contribution >= 0.6 is 11.3 Å². The van der Waals surface area contributed by atoms with E-state index in [0.717, 1.165) is 5.56 Å².